The summed E-state index contributed by atoms with van der Waals surface area (Å²) in [5.41, 5.74) is 3.16. The van der Waals surface area contributed by atoms with Gasteiger partial charge >= 0.3 is 6.03 Å². The number of benzene rings is 2. The number of hydrogen-bond donors (Lipinski definition) is 3. The van der Waals surface area contributed by atoms with Gasteiger partial charge in [-0.15, -0.1) is 0 Å². The molecule has 0 saturated heterocycles. The molecule has 0 atom stereocenters. The summed E-state index contributed by atoms with van der Waals surface area (Å²) in [6, 6.07) is 15.0. The fourth-order valence-electron chi connectivity index (χ4n) is 2.28. The highest BCUT2D eigenvalue weighted by molar-refractivity contribution is 7.71. The lowest BCUT2D eigenvalue weighted by Crippen LogP contribution is -2.25. The number of urea groups is 1. The van der Waals surface area contributed by atoms with E-state index in [-0.39, 0.29) is 6.03 Å². The highest BCUT2D eigenvalue weighted by Crippen LogP contribution is 2.33. The van der Waals surface area contributed by atoms with Gasteiger partial charge in [0.1, 0.15) is 0 Å². The van der Waals surface area contributed by atoms with E-state index >= 15 is 0 Å². The molecule has 0 aliphatic rings. The molecule has 0 fully saturated rings. The van der Waals surface area contributed by atoms with Gasteiger partial charge in [-0.25, -0.2) is 9.48 Å². The summed E-state index contributed by atoms with van der Waals surface area (Å²) in [4.78, 5) is 11.7. The molecule has 0 bridgehead atoms. The van der Waals surface area contributed by atoms with Gasteiger partial charge in [-0.1, -0.05) is 46.7 Å². The number of H-pyrrole nitrogens is 1. The highest BCUT2D eigenvalue weighted by atomic mass is 32.1. The number of hydrogen-bond acceptors (Lipinski definition) is 4. The minimum absolute atomic E-state index is 0.300. The summed E-state index contributed by atoms with van der Waals surface area (Å²) in [5.74, 6) is 0. The fraction of sp³-hybridized carbons (Fsp3) is 0.0667. The zero-order valence-corrected chi connectivity index (χ0v) is 13.1. The van der Waals surface area contributed by atoms with Crippen LogP contribution in [-0.2, 0) is 0 Å². The molecule has 1 aromatic heterocycles. The third kappa shape index (κ3) is 2.97. The van der Waals surface area contributed by atoms with Crippen LogP contribution in [0.25, 0.3) is 16.8 Å². The number of anilines is 1. The van der Waals surface area contributed by atoms with Crippen molar-refractivity contribution in [3.05, 3.63) is 53.3 Å². The van der Waals surface area contributed by atoms with Crippen LogP contribution in [0.3, 0.4) is 0 Å². The van der Waals surface area contributed by atoms with Gasteiger partial charge < -0.3 is 10.6 Å². The molecule has 2 amide bonds. The molecule has 0 aliphatic carbocycles. The van der Waals surface area contributed by atoms with Gasteiger partial charge in [0.2, 0.25) is 4.77 Å². The van der Waals surface area contributed by atoms with Crippen molar-refractivity contribution in [1.29, 1.82) is 0 Å². The molecule has 2 aromatic carbocycles. The van der Waals surface area contributed by atoms with Crippen molar-refractivity contribution < 1.29 is 4.79 Å². The SMILES string of the molecule is CNC(=O)Nc1cccc(-n2[nH]nnc2=S)c1-c1ccccc1. The van der Waals surface area contributed by atoms with Crippen molar-refractivity contribution in [2.45, 2.75) is 0 Å². The summed E-state index contributed by atoms with van der Waals surface area (Å²) >= 11 is 5.19. The lowest BCUT2D eigenvalue weighted by atomic mass is 10.0. The van der Waals surface area contributed by atoms with Crippen LogP contribution < -0.4 is 10.6 Å². The Balaban J connectivity index is 2.24. The molecular weight excluding hydrogens is 312 g/mol. The number of nitrogens with one attached hydrogen (secondary N) is 3. The molecule has 0 unspecified atom stereocenters. The van der Waals surface area contributed by atoms with Crippen LogP contribution in [0.4, 0.5) is 10.5 Å². The average Bonchev–Trinajstić information content (AvgIpc) is 3.01. The second-order valence-corrected chi connectivity index (χ2v) is 5.05. The molecule has 7 nitrogen and oxygen atoms in total. The van der Waals surface area contributed by atoms with Gasteiger partial charge in [-0.05, 0) is 29.9 Å². The number of aromatic amines is 1. The van der Waals surface area contributed by atoms with Gasteiger partial charge in [0.25, 0.3) is 0 Å². The highest BCUT2D eigenvalue weighted by Gasteiger charge is 2.15. The van der Waals surface area contributed by atoms with Crippen LogP contribution in [0.5, 0.6) is 0 Å². The predicted octanol–water partition coefficient (Wildman–Crippen LogP) is 2.74. The molecule has 23 heavy (non-hydrogen) atoms. The quantitative estimate of drug-likeness (QED) is 0.646. The molecule has 1 heterocycles. The van der Waals surface area contributed by atoms with Crippen LogP contribution in [0.1, 0.15) is 0 Å². The molecule has 8 heteroatoms. The number of aromatic nitrogens is 4. The first-order valence-electron chi connectivity index (χ1n) is 6.88. The Bertz CT molecular complexity index is 886. The molecule has 116 valence electrons. The monoisotopic (exact) mass is 326 g/mol. The largest absolute Gasteiger partial charge is 0.341 e. The Kier molecular flexibility index (Phi) is 4.15. The zero-order valence-electron chi connectivity index (χ0n) is 12.3. The van der Waals surface area contributed by atoms with E-state index in [1.807, 2.05) is 48.5 Å². The van der Waals surface area contributed by atoms with Crippen molar-refractivity contribution in [2.75, 3.05) is 12.4 Å². The topological polar surface area (TPSA) is 87.6 Å². The molecule has 3 rings (SSSR count). The predicted molar refractivity (Wildman–Crippen MR) is 90.1 cm³/mol. The van der Waals surface area contributed by atoms with E-state index in [9.17, 15) is 4.79 Å². The van der Waals surface area contributed by atoms with Crippen LogP contribution in [0, 0.1) is 4.77 Å². The van der Waals surface area contributed by atoms with Gasteiger partial charge in [-0.2, -0.15) is 5.21 Å². The molecule has 0 spiro atoms. The minimum Gasteiger partial charge on any atom is -0.341 e. The van der Waals surface area contributed by atoms with Crippen LogP contribution in [-0.4, -0.2) is 33.3 Å². The standard InChI is InChI=1S/C15H14N6OS/c1-16-14(22)17-11-8-5-9-12(21-15(23)18-19-20-21)13(11)10-6-3-2-4-7-10/h2-9H,1H3,(H2,16,17,22)(H,18,20,23). The number of rotatable bonds is 3. The number of tetrazole rings is 1. The number of carbonyl (C=O) groups excluding carboxylic acids is 1. The van der Waals surface area contributed by atoms with Crippen LogP contribution in [0.15, 0.2) is 48.5 Å². The molecular formula is C15H14N6OS. The Morgan fingerprint density at radius 3 is 2.61 bits per heavy atom. The molecule has 3 N–H and O–H groups in total. The average molecular weight is 326 g/mol. The maximum Gasteiger partial charge on any atom is 0.318 e. The number of nitrogens with zero attached hydrogens (tertiary/aromatic N) is 3. The van der Waals surface area contributed by atoms with E-state index in [2.05, 4.69) is 26.2 Å². The van der Waals surface area contributed by atoms with Gasteiger partial charge in [0, 0.05) is 12.6 Å². The first kappa shape index (κ1) is 14.9. The van der Waals surface area contributed by atoms with Gasteiger partial charge in [0.05, 0.1) is 11.4 Å². The normalized spacial score (nSPS) is 10.3. The Morgan fingerprint density at radius 1 is 1.17 bits per heavy atom. The number of amides is 2. The first-order chi connectivity index (χ1) is 11.2. The molecule has 0 aliphatic heterocycles. The summed E-state index contributed by atoms with van der Waals surface area (Å²) in [6.07, 6.45) is 0. The third-order valence-corrected chi connectivity index (χ3v) is 3.56. The third-order valence-electron chi connectivity index (χ3n) is 3.29. The Morgan fingerprint density at radius 2 is 1.96 bits per heavy atom. The van der Waals surface area contributed by atoms with Crippen molar-refractivity contribution in [2.24, 2.45) is 0 Å². The second-order valence-electron chi connectivity index (χ2n) is 4.69. The minimum atomic E-state index is -0.300. The van der Waals surface area contributed by atoms with Crippen molar-refractivity contribution in [3.8, 4) is 16.8 Å². The van der Waals surface area contributed by atoms with Gasteiger partial charge in [0.15, 0.2) is 0 Å². The molecule has 3 aromatic rings. The van der Waals surface area contributed by atoms with Crippen molar-refractivity contribution >= 4 is 23.9 Å². The lowest BCUT2D eigenvalue weighted by Gasteiger charge is -2.15. The second kappa shape index (κ2) is 6.41. The van der Waals surface area contributed by atoms with E-state index in [0.29, 0.717) is 10.5 Å². The van der Waals surface area contributed by atoms with E-state index in [4.69, 9.17) is 12.2 Å². The Labute approximate surface area is 137 Å². The molecule has 0 saturated carbocycles. The summed E-state index contributed by atoms with van der Waals surface area (Å²) in [6.45, 7) is 0. The van der Waals surface area contributed by atoms with Gasteiger partial charge in [-0.3, -0.25) is 0 Å². The Hall–Kier alpha value is -3.00. The fourth-order valence-corrected chi connectivity index (χ4v) is 2.46. The zero-order chi connectivity index (χ0) is 16.2. The molecule has 0 radical (unpaired) electrons. The smallest absolute Gasteiger partial charge is 0.318 e. The summed E-state index contributed by atoms with van der Waals surface area (Å²) in [7, 11) is 1.57. The van der Waals surface area contributed by atoms with Crippen LogP contribution >= 0.6 is 12.2 Å². The maximum atomic E-state index is 11.7. The summed E-state index contributed by atoms with van der Waals surface area (Å²) < 4.78 is 1.89. The lowest BCUT2D eigenvalue weighted by molar-refractivity contribution is 0.254. The van der Waals surface area contributed by atoms with Crippen molar-refractivity contribution in [1.82, 2.24) is 25.5 Å². The summed E-state index contributed by atoms with van der Waals surface area (Å²) in [5, 5.41) is 15.7. The van der Waals surface area contributed by atoms with E-state index in [0.717, 1.165) is 16.8 Å². The van der Waals surface area contributed by atoms with E-state index in [1.165, 1.54) is 0 Å². The van der Waals surface area contributed by atoms with E-state index in [1.54, 1.807) is 11.7 Å². The first-order valence-corrected chi connectivity index (χ1v) is 7.29. The van der Waals surface area contributed by atoms with Crippen LogP contribution in [0.2, 0.25) is 0 Å². The maximum absolute atomic E-state index is 11.7. The van der Waals surface area contributed by atoms with Crippen molar-refractivity contribution in [3.63, 3.8) is 0 Å². The number of carbonyl (C=O) groups is 1. The van der Waals surface area contributed by atoms with E-state index < -0.39 is 0 Å².